The molecule has 0 aromatic carbocycles. The van der Waals surface area contributed by atoms with Crippen LogP contribution in [-0.4, -0.2) is 69.7 Å². The lowest BCUT2D eigenvalue weighted by Crippen LogP contribution is -2.76. The average molecular weight is 313 g/mol. The van der Waals surface area contributed by atoms with Crippen molar-refractivity contribution < 1.29 is 24.2 Å². The van der Waals surface area contributed by atoms with Crippen LogP contribution in [0.25, 0.3) is 0 Å². The number of rotatable bonds is 3. The van der Waals surface area contributed by atoms with Gasteiger partial charge >= 0.3 is 6.09 Å². The van der Waals surface area contributed by atoms with E-state index in [1.54, 1.807) is 20.8 Å². The number of nitrogens with zero attached hydrogens (tertiary/aromatic N) is 2. The molecule has 3 N–H and O–H groups in total. The summed E-state index contributed by atoms with van der Waals surface area (Å²) < 4.78 is 5.35. The molecule has 22 heavy (non-hydrogen) atoms. The number of ether oxygens (including phenoxy) is 1. The van der Waals surface area contributed by atoms with E-state index in [9.17, 15) is 19.5 Å². The minimum Gasteiger partial charge on any atom is -0.444 e. The molecule has 0 aromatic rings. The van der Waals surface area contributed by atoms with E-state index in [1.165, 1.54) is 9.80 Å². The Hall–Kier alpha value is -1.83. The maximum absolute atomic E-state index is 12.5. The zero-order valence-electron chi connectivity index (χ0n) is 13.2. The summed E-state index contributed by atoms with van der Waals surface area (Å²) in [6.07, 6.45) is 0.690. The van der Waals surface area contributed by atoms with E-state index in [2.05, 4.69) is 0 Å². The van der Waals surface area contributed by atoms with Crippen LogP contribution in [0, 0.1) is 0 Å². The maximum Gasteiger partial charge on any atom is 0.411 e. The molecule has 3 amide bonds. The number of likely N-dealkylation sites (tertiary alicyclic amines) is 2. The van der Waals surface area contributed by atoms with Gasteiger partial charge in [-0.05, 0) is 33.6 Å². The normalized spacial score (nSPS) is 26.1. The van der Waals surface area contributed by atoms with Crippen LogP contribution in [0.1, 0.15) is 33.6 Å². The van der Waals surface area contributed by atoms with Crippen molar-refractivity contribution in [1.82, 2.24) is 9.80 Å². The van der Waals surface area contributed by atoms with Gasteiger partial charge in [-0.25, -0.2) is 4.79 Å². The summed E-state index contributed by atoms with van der Waals surface area (Å²) in [5, 5.41) is 9.21. The van der Waals surface area contributed by atoms with Crippen molar-refractivity contribution in [3.05, 3.63) is 0 Å². The molecule has 0 saturated carbocycles. The van der Waals surface area contributed by atoms with Gasteiger partial charge in [0.1, 0.15) is 17.2 Å². The van der Waals surface area contributed by atoms with Crippen LogP contribution in [0.2, 0.25) is 0 Å². The Balaban J connectivity index is 2.13. The lowest BCUT2D eigenvalue weighted by atomic mass is 9.84. The minimum atomic E-state index is -1.04. The van der Waals surface area contributed by atoms with Gasteiger partial charge in [-0.2, -0.15) is 0 Å². The SMILES string of the molecule is CC(C)(C)OC(=O)N1CCCC12CN([C@@H](CO)C(N)=O)C2=O. The second-order valence-electron chi connectivity index (χ2n) is 6.80. The van der Waals surface area contributed by atoms with Crippen molar-refractivity contribution in [2.75, 3.05) is 19.7 Å². The number of aliphatic hydroxyl groups is 1. The monoisotopic (exact) mass is 313 g/mol. The second kappa shape index (κ2) is 5.42. The van der Waals surface area contributed by atoms with Crippen LogP contribution in [0.3, 0.4) is 0 Å². The Kier molecular flexibility index (Phi) is 4.08. The standard InChI is InChI=1S/C14H23N3O5/c1-13(2,3)22-12(21)17-6-4-5-14(17)8-16(11(14)20)9(7-18)10(15)19/h9,18H,4-8H2,1-3H3,(H2,15,19)/t9-,14?/m0/s1. The smallest absolute Gasteiger partial charge is 0.411 e. The zero-order chi connectivity index (χ0) is 16.7. The highest BCUT2D eigenvalue weighted by atomic mass is 16.6. The molecular weight excluding hydrogens is 290 g/mol. The van der Waals surface area contributed by atoms with Crippen LogP contribution in [0.4, 0.5) is 4.79 Å². The van der Waals surface area contributed by atoms with Crippen LogP contribution in [-0.2, 0) is 14.3 Å². The molecule has 0 aromatic heterocycles. The Morgan fingerprint density at radius 2 is 2.09 bits per heavy atom. The fourth-order valence-corrected chi connectivity index (χ4v) is 3.04. The largest absolute Gasteiger partial charge is 0.444 e. The first-order valence-corrected chi connectivity index (χ1v) is 7.34. The van der Waals surface area contributed by atoms with E-state index in [1.807, 2.05) is 0 Å². The van der Waals surface area contributed by atoms with E-state index < -0.39 is 35.8 Å². The lowest BCUT2D eigenvalue weighted by Gasteiger charge is -2.52. The number of nitrogens with two attached hydrogens (primary N) is 1. The van der Waals surface area contributed by atoms with Crippen LogP contribution < -0.4 is 5.73 Å². The van der Waals surface area contributed by atoms with Crippen molar-refractivity contribution in [2.45, 2.75) is 50.8 Å². The summed E-state index contributed by atoms with van der Waals surface area (Å²) in [6.45, 7) is 5.39. The maximum atomic E-state index is 12.5. The average Bonchev–Trinajstić information content (AvgIpc) is 2.83. The Labute approximate surface area is 129 Å². The highest BCUT2D eigenvalue weighted by molar-refractivity contribution is 5.99. The minimum absolute atomic E-state index is 0.194. The van der Waals surface area contributed by atoms with Crippen molar-refractivity contribution in [3.8, 4) is 0 Å². The van der Waals surface area contributed by atoms with Gasteiger partial charge in [-0.3, -0.25) is 14.5 Å². The number of carbonyl (C=O) groups is 3. The predicted octanol–water partition coefficient (Wildman–Crippen LogP) is -0.555. The number of β-lactam (4-membered cyclic amide) rings is 1. The molecule has 0 bridgehead atoms. The van der Waals surface area contributed by atoms with Crippen molar-refractivity contribution in [1.29, 1.82) is 0 Å². The summed E-state index contributed by atoms with van der Waals surface area (Å²) in [6, 6.07) is -1.04. The van der Waals surface area contributed by atoms with Crippen molar-refractivity contribution >= 4 is 17.9 Å². The molecule has 2 aliphatic heterocycles. The van der Waals surface area contributed by atoms with E-state index in [0.29, 0.717) is 19.4 Å². The topological polar surface area (TPSA) is 113 Å². The summed E-state index contributed by atoms with van der Waals surface area (Å²) >= 11 is 0. The van der Waals surface area contributed by atoms with E-state index in [-0.39, 0.29) is 12.5 Å². The lowest BCUT2D eigenvalue weighted by molar-refractivity contribution is -0.168. The fraction of sp³-hybridized carbons (Fsp3) is 0.786. The van der Waals surface area contributed by atoms with Gasteiger partial charge < -0.3 is 20.5 Å². The molecule has 8 heteroatoms. The summed E-state index contributed by atoms with van der Waals surface area (Å²) in [4.78, 5) is 38.8. The number of hydrogen-bond donors (Lipinski definition) is 2. The first-order chi connectivity index (χ1) is 10.1. The molecule has 2 saturated heterocycles. The first kappa shape index (κ1) is 16.5. The first-order valence-electron chi connectivity index (χ1n) is 7.34. The predicted molar refractivity (Wildman–Crippen MR) is 76.7 cm³/mol. The number of aliphatic hydroxyl groups excluding tert-OH is 1. The highest BCUT2D eigenvalue weighted by Crippen LogP contribution is 2.40. The molecule has 1 unspecified atom stereocenters. The summed E-state index contributed by atoms with van der Waals surface area (Å²) in [7, 11) is 0. The molecule has 8 nitrogen and oxygen atoms in total. The van der Waals surface area contributed by atoms with Crippen LogP contribution >= 0.6 is 0 Å². The van der Waals surface area contributed by atoms with Gasteiger partial charge in [0.25, 0.3) is 5.91 Å². The Morgan fingerprint density at radius 1 is 1.45 bits per heavy atom. The van der Waals surface area contributed by atoms with E-state index >= 15 is 0 Å². The molecule has 124 valence electrons. The van der Waals surface area contributed by atoms with E-state index in [4.69, 9.17) is 10.5 Å². The van der Waals surface area contributed by atoms with E-state index in [0.717, 1.165) is 0 Å². The second-order valence-corrected chi connectivity index (χ2v) is 6.80. The molecule has 2 aliphatic rings. The third-order valence-corrected chi connectivity index (χ3v) is 4.07. The molecular formula is C14H23N3O5. The molecule has 2 atom stereocenters. The molecule has 1 spiro atoms. The Bertz CT molecular complexity index is 501. The van der Waals surface area contributed by atoms with Gasteiger partial charge in [-0.1, -0.05) is 0 Å². The van der Waals surface area contributed by atoms with Crippen LogP contribution in [0.15, 0.2) is 0 Å². The molecule has 0 radical (unpaired) electrons. The molecule has 2 heterocycles. The van der Waals surface area contributed by atoms with Gasteiger partial charge in [0.15, 0.2) is 0 Å². The Morgan fingerprint density at radius 3 is 2.55 bits per heavy atom. The third kappa shape index (κ3) is 2.63. The van der Waals surface area contributed by atoms with Gasteiger partial charge in [0, 0.05) is 6.54 Å². The molecule has 2 fully saturated rings. The third-order valence-electron chi connectivity index (χ3n) is 4.07. The number of carbonyl (C=O) groups excluding carboxylic acids is 3. The quantitative estimate of drug-likeness (QED) is 0.678. The molecule has 0 aliphatic carbocycles. The number of hydrogen-bond acceptors (Lipinski definition) is 5. The van der Waals surface area contributed by atoms with Crippen molar-refractivity contribution in [3.63, 3.8) is 0 Å². The van der Waals surface area contributed by atoms with Crippen LogP contribution in [0.5, 0.6) is 0 Å². The number of primary amides is 1. The highest BCUT2D eigenvalue weighted by Gasteiger charge is 2.62. The van der Waals surface area contributed by atoms with Gasteiger partial charge in [-0.15, -0.1) is 0 Å². The number of amides is 3. The zero-order valence-corrected chi connectivity index (χ0v) is 13.2. The summed E-state index contributed by atoms with van der Waals surface area (Å²) in [5.41, 5.74) is 3.59. The van der Waals surface area contributed by atoms with Gasteiger partial charge in [0.2, 0.25) is 5.91 Å². The molecule has 2 rings (SSSR count). The fourth-order valence-electron chi connectivity index (χ4n) is 3.04. The van der Waals surface area contributed by atoms with Crippen molar-refractivity contribution in [2.24, 2.45) is 5.73 Å². The summed E-state index contributed by atoms with van der Waals surface area (Å²) in [5.74, 6) is -1.11. The van der Waals surface area contributed by atoms with Gasteiger partial charge in [0.05, 0.1) is 13.2 Å².